The molecule has 4 nitrogen and oxygen atoms in total. The number of carbonyl (C=O) groups excluding carboxylic acids is 1. The number of rotatable bonds is 5. The number of nitrogens with zero attached hydrogens (tertiary/aromatic N) is 1. The minimum absolute atomic E-state index is 0.314. The number of nitrogens with one attached hydrogen (secondary N) is 1. The molecule has 0 aliphatic rings. The van der Waals surface area contributed by atoms with Crippen LogP contribution in [0.5, 0.6) is 0 Å². The number of halogens is 3. The fourth-order valence-electron chi connectivity index (χ4n) is 1.20. The fraction of sp³-hybridized carbons (Fsp3) is 0.900. The molecule has 3 N–H and O–H groups in total. The maximum Gasteiger partial charge on any atom is 0.405 e. The van der Waals surface area contributed by atoms with Crippen molar-refractivity contribution < 1.29 is 18.0 Å². The first-order chi connectivity index (χ1) is 7.61. The van der Waals surface area contributed by atoms with E-state index in [1.165, 1.54) is 4.90 Å². The van der Waals surface area contributed by atoms with E-state index in [9.17, 15) is 18.0 Å². The van der Waals surface area contributed by atoms with Gasteiger partial charge in [-0.25, -0.2) is 4.79 Å². The Morgan fingerprint density at radius 3 is 2.24 bits per heavy atom. The highest BCUT2D eigenvalue weighted by molar-refractivity contribution is 5.74. The lowest BCUT2D eigenvalue weighted by molar-refractivity contribution is -0.123. The molecule has 0 aromatic rings. The molecular formula is C10H20F3N3O. The van der Waals surface area contributed by atoms with Crippen molar-refractivity contribution in [2.75, 3.05) is 26.2 Å². The van der Waals surface area contributed by atoms with Crippen molar-refractivity contribution in [3.63, 3.8) is 0 Å². The second-order valence-electron chi connectivity index (χ2n) is 4.66. The average Bonchev–Trinajstić information content (AvgIpc) is 2.21. The van der Waals surface area contributed by atoms with Crippen molar-refractivity contribution in [3.8, 4) is 0 Å². The van der Waals surface area contributed by atoms with Gasteiger partial charge in [0.2, 0.25) is 0 Å². The molecule has 102 valence electrons. The summed E-state index contributed by atoms with van der Waals surface area (Å²) in [4.78, 5) is 12.8. The van der Waals surface area contributed by atoms with E-state index < -0.39 is 18.8 Å². The SMILES string of the molecule is CCN(CC(C)(C)CN)C(=O)NCC(F)(F)F. The Hall–Kier alpha value is -0.980. The molecule has 0 saturated carbocycles. The molecule has 0 atom stereocenters. The summed E-state index contributed by atoms with van der Waals surface area (Å²) < 4.78 is 35.8. The van der Waals surface area contributed by atoms with Gasteiger partial charge in [-0.3, -0.25) is 0 Å². The van der Waals surface area contributed by atoms with E-state index in [-0.39, 0.29) is 5.41 Å². The van der Waals surface area contributed by atoms with E-state index in [2.05, 4.69) is 0 Å². The highest BCUT2D eigenvalue weighted by Gasteiger charge is 2.29. The van der Waals surface area contributed by atoms with Gasteiger partial charge in [-0.1, -0.05) is 13.8 Å². The van der Waals surface area contributed by atoms with E-state index in [1.807, 2.05) is 19.2 Å². The molecule has 0 aromatic heterocycles. The molecule has 0 unspecified atom stereocenters. The van der Waals surface area contributed by atoms with Crippen LogP contribution in [0.4, 0.5) is 18.0 Å². The van der Waals surface area contributed by atoms with E-state index >= 15 is 0 Å². The second kappa shape index (κ2) is 6.09. The quantitative estimate of drug-likeness (QED) is 0.783. The highest BCUT2D eigenvalue weighted by atomic mass is 19.4. The van der Waals surface area contributed by atoms with Crippen molar-refractivity contribution in [3.05, 3.63) is 0 Å². The molecule has 0 spiro atoms. The summed E-state index contributed by atoms with van der Waals surface area (Å²) >= 11 is 0. The van der Waals surface area contributed by atoms with Gasteiger partial charge in [0.05, 0.1) is 0 Å². The Morgan fingerprint density at radius 1 is 1.35 bits per heavy atom. The predicted octanol–water partition coefficient (Wildman–Crippen LogP) is 1.57. The van der Waals surface area contributed by atoms with Crippen LogP contribution in [-0.2, 0) is 0 Å². The number of amides is 2. The van der Waals surface area contributed by atoms with E-state index in [0.29, 0.717) is 19.6 Å². The molecule has 0 fully saturated rings. The van der Waals surface area contributed by atoms with Crippen LogP contribution in [0.25, 0.3) is 0 Å². The molecule has 0 saturated heterocycles. The first kappa shape index (κ1) is 16.0. The summed E-state index contributed by atoms with van der Waals surface area (Å²) in [6.07, 6.45) is -4.39. The van der Waals surface area contributed by atoms with Crippen LogP contribution in [0.2, 0.25) is 0 Å². The average molecular weight is 255 g/mol. The monoisotopic (exact) mass is 255 g/mol. The Balaban J connectivity index is 4.32. The third kappa shape index (κ3) is 7.04. The normalized spacial score (nSPS) is 12.4. The van der Waals surface area contributed by atoms with Crippen LogP contribution in [0.15, 0.2) is 0 Å². The summed E-state index contributed by atoms with van der Waals surface area (Å²) in [5.74, 6) is 0. The molecule has 0 aromatic carbocycles. The topological polar surface area (TPSA) is 58.4 Å². The minimum atomic E-state index is -4.39. The van der Waals surface area contributed by atoms with Crippen LogP contribution < -0.4 is 11.1 Å². The number of hydrogen-bond donors (Lipinski definition) is 2. The summed E-state index contributed by atoms with van der Waals surface area (Å²) in [5.41, 5.74) is 5.20. The molecule has 0 bridgehead atoms. The Kier molecular flexibility index (Phi) is 5.74. The largest absolute Gasteiger partial charge is 0.405 e. The Morgan fingerprint density at radius 2 is 1.88 bits per heavy atom. The van der Waals surface area contributed by atoms with Crippen molar-refractivity contribution in [2.45, 2.75) is 26.9 Å². The number of carbonyl (C=O) groups is 1. The van der Waals surface area contributed by atoms with Gasteiger partial charge < -0.3 is 16.0 Å². The van der Waals surface area contributed by atoms with Crippen LogP contribution in [0.3, 0.4) is 0 Å². The van der Waals surface area contributed by atoms with Gasteiger partial charge in [0.15, 0.2) is 0 Å². The molecule has 0 aliphatic heterocycles. The Labute approximate surface area is 99.3 Å². The van der Waals surface area contributed by atoms with Gasteiger partial charge in [0, 0.05) is 13.1 Å². The second-order valence-corrected chi connectivity index (χ2v) is 4.66. The number of hydrogen-bond acceptors (Lipinski definition) is 2. The standard InChI is InChI=1S/C10H20F3N3O/c1-4-16(7-9(2,3)5-14)8(17)15-6-10(11,12)13/h4-7,14H2,1-3H3,(H,15,17). The van der Waals surface area contributed by atoms with Crippen LogP contribution in [0.1, 0.15) is 20.8 Å². The molecule has 0 radical (unpaired) electrons. The van der Waals surface area contributed by atoms with Gasteiger partial charge in [-0.05, 0) is 18.9 Å². The lowest BCUT2D eigenvalue weighted by Gasteiger charge is -2.31. The molecule has 7 heteroatoms. The summed E-state index contributed by atoms with van der Waals surface area (Å²) in [5, 5.41) is 1.84. The minimum Gasteiger partial charge on any atom is -0.330 e. The van der Waals surface area contributed by atoms with Crippen molar-refractivity contribution >= 4 is 6.03 Å². The van der Waals surface area contributed by atoms with Gasteiger partial charge >= 0.3 is 12.2 Å². The van der Waals surface area contributed by atoms with Crippen molar-refractivity contribution in [2.24, 2.45) is 11.1 Å². The van der Waals surface area contributed by atoms with Gasteiger partial charge in [-0.15, -0.1) is 0 Å². The van der Waals surface area contributed by atoms with Crippen LogP contribution in [0, 0.1) is 5.41 Å². The summed E-state index contributed by atoms with van der Waals surface area (Å²) in [7, 11) is 0. The van der Waals surface area contributed by atoms with Gasteiger partial charge in [0.1, 0.15) is 6.54 Å². The predicted molar refractivity (Wildman–Crippen MR) is 59.5 cm³/mol. The molecular weight excluding hydrogens is 235 g/mol. The zero-order chi connectivity index (χ0) is 13.7. The van der Waals surface area contributed by atoms with Crippen molar-refractivity contribution in [1.82, 2.24) is 10.2 Å². The van der Waals surface area contributed by atoms with Crippen LogP contribution in [-0.4, -0.2) is 43.3 Å². The third-order valence-corrected chi connectivity index (χ3v) is 2.28. The number of nitrogens with two attached hydrogens (primary N) is 1. The molecule has 0 rings (SSSR count). The molecule has 17 heavy (non-hydrogen) atoms. The lowest BCUT2D eigenvalue weighted by atomic mass is 9.93. The van der Waals surface area contributed by atoms with Gasteiger partial charge in [0.25, 0.3) is 0 Å². The maximum atomic E-state index is 11.9. The number of alkyl halides is 3. The van der Waals surface area contributed by atoms with E-state index in [1.54, 1.807) is 6.92 Å². The van der Waals surface area contributed by atoms with Gasteiger partial charge in [-0.2, -0.15) is 13.2 Å². The van der Waals surface area contributed by atoms with E-state index in [0.717, 1.165) is 0 Å². The maximum absolute atomic E-state index is 11.9. The zero-order valence-electron chi connectivity index (χ0n) is 10.4. The lowest BCUT2D eigenvalue weighted by Crippen LogP contribution is -2.48. The number of urea groups is 1. The van der Waals surface area contributed by atoms with Crippen LogP contribution >= 0.6 is 0 Å². The molecule has 0 aliphatic carbocycles. The highest BCUT2D eigenvalue weighted by Crippen LogP contribution is 2.16. The first-order valence-electron chi connectivity index (χ1n) is 5.41. The molecule has 0 heterocycles. The zero-order valence-corrected chi connectivity index (χ0v) is 10.4. The first-order valence-corrected chi connectivity index (χ1v) is 5.41. The smallest absolute Gasteiger partial charge is 0.330 e. The fourth-order valence-corrected chi connectivity index (χ4v) is 1.20. The molecule has 2 amide bonds. The van der Waals surface area contributed by atoms with Crippen molar-refractivity contribution in [1.29, 1.82) is 0 Å². The van der Waals surface area contributed by atoms with E-state index in [4.69, 9.17) is 5.73 Å². The third-order valence-electron chi connectivity index (χ3n) is 2.28. The summed E-state index contributed by atoms with van der Waals surface area (Å²) in [6.45, 7) is 5.12. The summed E-state index contributed by atoms with van der Waals surface area (Å²) in [6, 6.07) is -0.716. The Bertz CT molecular complexity index is 254.